The normalized spacial score (nSPS) is 16.6. The summed E-state index contributed by atoms with van der Waals surface area (Å²) in [5, 5.41) is 6.61. The van der Waals surface area contributed by atoms with Gasteiger partial charge in [0.1, 0.15) is 11.6 Å². The van der Waals surface area contributed by atoms with Crippen LogP contribution in [-0.2, 0) is 6.54 Å². The van der Waals surface area contributed by atoms with Crippen molar-refractivity contribution in [3.8, 4) is 0 Å². The second-order valence-corrected chi connectivity index (χ2v) is 8.26. The lowest BCUT2D eigenvalue weighted by atomic mass is 10.00. The molecule has 0 radical (unpaired) electrons. The predicted molar refractivity (Wildman–Crippen MR) is 127 cm³/mol. The van der Waals surface area contributed by atoms with Crippen LogP contribution in [0.3, 0.4) is 0 Å². The molecule has 164 valence electrons. The first-order chi connectivity index (χ1) is 15.7. The molecule has 0 aliphatic carbocycles. The molecule has 32 heavy (non-hydrogen) atoms. The molecule has 2 aliphatic heterocycles. The minimum absolute atomic E-state index is 0.486. The number of benzene rings is 1. The van der Waals surface area contributed by atoms with Crippen LogP contribution >= 0.6 is 0 Å². The number of hydrogen-bond acceptors (Lipinski definition) is 8. The van der Waals surface area contributed by atoms with Gasteiger partial charge in [0.2, 0.25) is 17.8 Å². The van der Waals surface area contributed by atoms with E-state index >= 15 is 0 Å². The number of aliphatic imine (C=N–C) groups is 1. The highest BCUT2D eigenvalue weighted by molar-refractivity contribution is 6.09. The van der Waals surface area contributed by atoms with E-state index in [4.69, 9.17) is 14.4 Å². The van der Waals surface area contributed by atoms with Gasteiger partial charge < -0.3 is 20.0 Å². The third kappa shape index (κ3) is 4.80. The molecule has 0 amide bonds. The van der Waals surface area contributed by atoms with Crippen LogP contribution < -0.4 is 15.5 Å². The van der Waals surface area contributed by atoms with Crippen molar-refractivity contribution < 1.29 is 4.42 Å². The summed E-state index contributed by atoms with van der Waals surface area (Å²) in [6.45, 7) is 5.41. The molecule has 4 heterocycles. The lowest BCUT2D eigenvalue weighted by Crippen LogP contribution is -2.34. The first-order valence-corrected chi connectivity index (χ1v) is 11.1. The van der Waals surface area contributed by atoms with Crippen LogP contribution in [0.25, 0.3) is 5.57 Å². The number of anilines is 3. The summed E-state index contributed by atoms with van der Waals surface area (Å²) >= 11 is 0. The van der Waals surface area contributed by atoms with Gasteiger partial charge in [0, 0.05) is 25.2 Å². The maximum atomic E-state index is 5.49. The van der Waals surface area contributed by atoms with Crippen LogP contribution in [0.5, 0.6) is 0 Å². The molecule has 0 spiro atoms. The summed E-state index contributed by atoms with van der Waals surface area (Å²) in [6, 6.07) is 14.0. The van der Waals surface area contributed by atoms with Gasteiger partial charge in [-0.2, -0.15) is 15.0 Å². The topological polar surface area (TPSA) is 91.5 Å². The Morgan fingerprint density at radius 2 is 1.81 bits per heavy atom. The number of amidine groups is 1. The largest absolute Gasteiger partial charge is 0.465 e. The number of nitrogens with zero attached hydrogens (tertiary/aromatic N) is 5. The molecule has 8 heteroatoms. The van der Waals surface area contributed by atoms with E-state index in [2.05, 4.69) is 44.6 Å². The first-order valence-electron chi connectivity index (χ1n) is 11.1. The van der Waals surface area contributed by atoms with Gasteiger partial charge in [-0.3, -0.25) is 4.99 Å². The zero-order valence-electron chi connectivity index (χ0n) is 18.2. The van der Waals surface area contributed by atoms with Gasteiger partial charge in [-0.1, -0.05) is 37.3 Å². The Hall–Kier alpha value is -3.68. The SMILES string of the molecule is CC1CCN(c2nc(NCc3ccccc3)nc(NC3=NCC(c4ccco4)=C3)n2)CC1. The van der Waals surface area contributed by atoms with Crippen LogP contribution in [-0.4, -0.2) is 40.4 Å². The fourth-order valence-corrected chi connectivity index (χ4v) is 3.85. The predicted octanol–water partition coefficient (Wildman–Crippen LogP) is 4.22. The monoisotopic (exact) mass is 429 g/mol. The van der Waals surface area contributed by atoms with Gasteiger partial charge in [-0.15, -0.1) is 0 Å². The molecule has 0 saturated carbocycles. The number of rotatable bonds is 6. The van der Waals surface area contributed by atoms with Crippen LogP contribution in [0.4, 0.5) is 17.8 Å². The van der Waals surface area contributed by atoms with Gasteiger partial charge >= 0.3 is 0 Å². The summed E-state index contributed by atoms with van der Waals surface area (Å²) in [5.41, 5.74) is 2.20. The maximum Gasteiger partial charge on any atom is 0.234 e. The van der Waals surface area contributed by atoms with Gasteiger partial charge in [0.05, 0.1) is 12.8 Å². The molecule has 0 atom stereocenters. The summed E-state index contributed by atoms with van der Waals surface area (Å²) in [4.78, 5) is 20.8. The molecule has 0 bridgehead atoms. The molecule has 5 rings (SSSR count). The molecule has 1 saturated heterocycles. The average molecular weight is 430 g/mol. The Labute approximate surface area is 187 Å². The fourth-order valence-electron chi connectivity index (χ4n) is 3.85. The molecule has 8 nitrogen and oxygen atoms in total. The van der Waals surface area contributed by atoms with Crippen LogP contribution in [0, 0.1) is 5.92 Å². The molecule has 1 aromatic carbocycles. The Kier molecular flexibility index (Phi) is 5.83. The number of aromatic nitrogens is 3. The molecular weight excluding hydrogens is 402 g/mol. The average Bonchev–Trinajstić information content (AvgIpc) is 3.51. The van der Waals surface area contributed by atoms with Gasteiger partial charge in [-0.25, -0.2) is 0 Å². The van der Waals surface area contributed by atoms with Crippen LogP contribution in [0.2, 0.25) is 0 Å². The number of nitrogens with one attached hydrogen (secondary N) is 2. The summed E-state index contributed by atoms with van der Waals surface area (Å²) in [5.74, 6) is 4.01. The first kappa shape index (κ1) is 20.2. The second-order valence-electron chi connectivity index (χ2n) is 8.26. The van der Waals surface area contributed by atoms with E-state index in [9.17, 15) is 0 Å². The van der Waals surface area contributed by atoms with Crippen molar-refractivity contribution in [2.75, 3.05) is 35.2 Å². The van der Waals surface area contributed by atoms with Crippen LogP contribution in [0.15, 0.2) is 64.2 Å². The van der Waals surface area contributed by atoms with E-state index in [-0.39, 0.29) is 0 Å². The van der Waals surface area contributed by atoms with E-state index in [0.29, 0.717) is 30.9 Å². The highest BCUT2D eigenvalue weighted by Gasteiger charge is 2.20. The minimum atomic E-state index is 0.486. The molecule has 2 aliphatic rings. The minimum Gasteiger partial charge on any atom is -0.465 e. The van der Waals surface area contributed by atoms with E-state index < -0.39 is 0 Å². The number of hydrogen-bond donors (Lipinski definition) is 2. The van der Waals surface area contributed by atoms with E-state index in [0.717, 1.165) is 49.0 Å². The smallest absolute Gasteiger partial charge is 0.234 e. The molecule has 2 aromatic heterocycles. The van der Waals surface area contributed by atoms with Crippen molar-refractivity contribution >= 4 is 29.3 Å². The number of furan rings is 1. The van der Waals surface area contributed by atoms with Crippen molar-refractivity contribution in [1.29, 1.82) is 0 Å². The summed E-state index contributed by atoms with van der Waals surface area (Å²) in [7, 11) is 0. The second kappa shape index (κ2) is 9.21. The highest BCUT2D eigenvalue weighted by Crippen LogP contribution is 2.23. The Morgan fingerprint density at radius 3 is 2.59 bits per heavy atom. The maximum absolute atomic E-state index is 5.49. The Morgan fingerprint density at radius 1 is 1.00 bits per heavy atom. The summed E-state index contributed by atoms with van der Waals surface area (Å²) in [6.07, 6.45) is 5.93. The van der Waals surface area contributed by atoms with Crippen molar-refractivity contribution in [2.45, 2.75) is 26.3 Å². The van der Waals surface area contributed by atoms with E-state index in [1.807, 2.05) is 36.4 Å². The van der Waals surface area contributed by atoms with Gasteiger partial charge in [0.15, 0.2) is 0 Å². The third-order valence-electron chi connectivity index (χ3n) is 5.79. The summed E-state index contributed by atoms with van der Waals surface area (Å²) < 4.78 is 5.49. The lowest BCUT2D eigenvalue weighted by Gasteiger charge is -2.30. The fraction of sp³-hybridized carbons (Fsp3) is 0.333. The van der Waals surface area contributed by atoms with Crippen molar-refractivity contribution in [3.05, 3.63) is 66.1 Å². The lowest BCUT2D eigenvalue weighted by molar-refractivity contribution is 0.434. The van der Waals surface area contributed by atoms with Crippen LogP contribution in [0.1, 0.15) is 31.1 Å². The quantitative estimate of drug-likeness (QED) is 0.606. The van der Waals surface area contributed by atoms with E-state index in [1.54, 1.807) is 6.26 Å². The van der Waals surface area contributed by atoms with Crippen molar-refractivity contribution in [3.63, 3.8) is 0 Å². The third-order valence-corrected chi connectivity index (χ3v) is 5.79. The Balaban J connectivity index is 1.36. The standard InChI is InChI=1S/C24H27N7O/c1-17-9-11-31(12-10-17)24-29-22(26-15-18-6-3-2-4-7-18)28-23(30-24)27-21-14-19(16-25-21)20-8-5-13-32-20/h2-8,13-14,17H,9-12,15-16H2,1H3,(H2,25,26,27,28,29,30). The van der Waals surface area contributed by atoms with Gasteiger partial charge in [-0.05, 0) is 42.5 Å². The Bertz CT molecular complexity index is 1100. The van der Waals surface area contributed by atoms with Gasteiger partial charge in [0.25, 0.3) is 0 Å². The molecule has 0 unspecified atom stereocenters. The molecule has 1 fully saturated rings. The van der Waals surface area contributed by atoms with Crippen molar-refractivity contribution in [2.24, 2.45) is 10.9 Å². The zero-order chi connectivity index (χ0) is 21.8. The highest BCUT2D eigenvalue weighted by atomic mass is 16.3. The van der Waals surface area contributed by atoms with Crippen molar-refractivity contribution in [1.82, 2.24) is 15.0 Å². The molecular formula is C24H27N7O. The zero-order valence-corrected chi connectivity index (χ0v) is 18.2. The molecule has 3 aromatic rings. The number of piperidine rings is 1. The molecule has 2 N–H and O–H groups in total. The van der Waals surface area contributed by atoms with E-state index in [1.165, 1.54) is 5.56 Å².